The molecule has 15 heavy (non-hydrogen) atoms. The molecule has 0 saturated carbocycles. The third-order valence-corrected chi connectivity index (χ3v) is 2.39. The molecule has 0 unspecified atom stereocenters. The molecule has 0 heterocycles. The van der Waals surface area contributed by atoms with Gasteiger partial charge in [-0.2, -0.15) is 10.5 Å². The standard InChI is InChI=1S/C11H9BrN2O/c12-10-5-3-4-9(8-14)11(10)15-7-2-1-6-13/h3-5H,1-2,7H2. The van der Waals surface area contributed by atoms with Crippen LogP contribution < -0.4 is 4.74 Å². The van der Waals surface area contributed by atoms with Crippen molar-refractivity contribution >= 4 is 15.9 Å². The van der Waals surface area contributed by atoms with Crippen LogP contribution in [0, 0.1) is 22.7 Å². The maximum absolute atomic E-state index is 8.84. The van der Waals surface area contributed by atoms with Crippen LogP contribution in [-0.4, -0.2) is 6.61 Å². The van der Waals surface area contributed by atoms with Crippen molar-refractivity contribution in [2.24, 2.45) is 0 Å². The number of para-hydroxylation sites is 1. The van der Waals surface area contributed by atoms with E-state index in [4.69, 9.17) is 15.3 Å². The molecule has 0 aromatic heterocycles. The summed E-state index contributed by atoms with van der Waals surface area (Å²) in [5, 5.41) is 17.2. The van der Waals surface area contributed by atoms with Crippen LogP contribution in [0.5, 0.6) is 5.75 Å². The Kier molecular flexibility index (Phi) is 4.66. The second kappa shape index (κ2) is 6.06. The number of hydrogen-bond donors (Lipinski definition) is 0. The number of unbranched alkanes of at least 4 members (excludes halogenated alkanes) is 1. The van der Waals surface area contributed by atoms with E-state index in [9.17, 15) is 0 Å². The lowest BCUT2D eigenvalue weighted by Crippen LogP contribution is -1.99. The fourth-order valence-corrected chi connectivity index (χ4v) is 1.55. The predicted octanol–water partition coefficient (Wildman–Crippen LogP) is 3.00. The zero-order valence-electron chi connectivity index (χ0n) is 8.03. The van der Waals surface area contributed by atoms with Crippen molar-refractivity contribution < 1.29 is 4.74 Å². The van der Waals surface area contributed by atoms with Gasteiger partial charge in [-0.05, 0) is 34.5 Å². The van der Waals surface area contributed by atoms with Crippen LogP contribution in [0.25, 0.3) is 0 Å². The van der Waals surface area contributed by atoms with Crippen LogP contribution in [0.2, 0.25) is 0 Å². The van der Waals surface area contributed by atoms with Gasteiger partial charge in [0.1, 0.15) is 6.07 Å². The lowest BCUT2D eigenvalue weighted by atomic mass is 10.2. The molecule has 0 aliphatic carbocycles. The van der Waals surface area contributed by atoms with Crippen LogP contribution in [0.1, 0.15) is 18.4 Å². The molecule has 1 aromatic carbocycles. The monoisotopic (exact) mass is 264 g/mol. The Labute approximate surface area is 97.0 Å². The van der Waals surface area contributed by atoms with Crippen molar-refractivity contribution in [1.29, 1.82) is 10.5 Å². The molecular weight excluding hydrogens is 256 g/mol. The van der Waals surface area contributed by atoms with Crippen molar-refractivity contribution in [3.8, 4) is 17.9 Å². The second-order valence-electron chi connectivity index (χ2n) is 2.84. The van der Waals surface area contributed by atoms with Gasteiger partial charge < -0.3 is 4.74 Å². The number of halogens is 1. The molecule has 0 amide bonds. The molecule has 0 aliphatic heterocycles. The van der Waals surface area contributed by atoms with Crippen LogP contribution in [0.15, 0.2) is 22.7 Å². The van der Waals surface area contributed by atoms with Gasteiger partial charge in [-0.15, -0.1) is 0 Å². The highest BCUT2D eigenvalue weighted by molar-refractivity contribution is 9.10. The van der Waals surface area contributed by atoms with Gasteiger partial charge in [0.05, 0.1) is 22.7 Å². The van der Waals surface area contributed by atoms with Gasteiger partial charge in [0.25, 0.3) is 0 Å². The molecule has 1 aromatic rings. The number of hydrogen-bond acceptors (Lipinski definition) is 3. The third-order valence-electron chi connectivity index (χ3n) is 1.77. The normalized spacial score (nSPS) is 9.00. The van der Waals surface area contributed by atoms with Crippen molar-refractivity contribution in [3.05, 3.63) is 28.2 Å². The van der Waals surface area contributed by atoms with Crippen LogP contribution >= 0.6 is 15.9 Å². The first-order valence-corrected chi connectivity index (χ1v) is 5.27. The summed E-state index contributed by atoms with van der Waals surface area (Å²) >= 11 is 3.32. The third kappa shape index (κ3) is 3.27. The van der Waals surface area contributed by atoms with E-state index in [1.165, 1.54) is 0 Å². The molecule has 0 atom stereocenters. The summed E-state index contributed by atoms with van der Waals surface area (Å²) < 4.78 is 6.20. The van der Waals surface area contributed by atoms with E-state index < -0.39 is 0 Å². The molecule has 0 N–H and O–H groups in total. The van der Waals surface area contributed by atoms with Crippen molar-refractivity contribution in [3.63, 3.8) is 0 Å². The van der Waals surface area contributed by atoms with Gasteiger partial charge in [-0.25, -0.2) is 0 Å². The lowest BCUT2D eigenvalue weighted by molar-refractivity contribution is 0.310. The minimum atomic E-state index is 0.449. The molecule has 0 fully saturated rings. The maximum atomic E-state index is 8.84. The quantitative estimate of drug-likeness (QED) is 0.786. The number of ether oxygens (including phenoxy) is 1. The Balaban J connectivity index is 2.68. The summed E-state index contributed by atoms with van der Waals surface area (Å²) in [6.07, 6.45) is 1.13. The van der Waals surface area contributed by atoms with E-state index in [0.29, 0.717) is 30.8 Å². The first-order chi connectivity index (χ1) is 7.29. The number of nitriles is 2. The summed E-state index contributed by atoms with van der Waals surface area (Å²) in [6, 6.07) is 9.40. The second-order valence-corrected chi connectivity index (χ2v) is 3.69. The SMILES string of the molecule is N#CCCCOc1c(Br)cccc1C#N. The Morgan fingerprint density at radius 2 is 2.13 bits per heavy atom. The largest absolute Gasteiger partial charge is 0.491 e. The van der Waals surface area contributed by atoms with Crippen LogP contribution in [0.3, 0.4) is 0 Å². The van der Waals surface area contributed by atoms with Gasteiger partial charge >= 0.3 is 0 Å². The van der Waals surface area contributed by atoms with Gasteiger partial charge in [-0.3, -0.25) is 0 Å². The van der Waals surface area contributed by atoms with Gasteiger partial charge in [-0.1, -0.05) is 6.07 Å². The Bertz CT molecular complexity index is 418. The summed E-state index contributed by atoms with van der Waals surface area (Å²) in [6.45, 7) is 0.449. The summed E-state index contributed by atoms with van der Waals surface area (Å²) in [5.41, 5.74) is 0.501. The van der Waals surface area contributed by atoms with E-state index in [1.807, 2.05) is 12.1 Å². The molecule has 0 radical (unpaired) electrons. The molecule has 4 heteroatoms. The fourth-order valence-electron chi connectivity index (χ4n) is 1.07. The first-order valence-electron chi connectivity index (χ1n) is 4.48. The first kappa shape index (κ1) is 11.6. The highest BCUT2D eigenvalue weighted by Crippen LogP contribution is 2.28. The summed E-state index contributed by atoms with van der Waals surface area (Å²) in [4.78, 5) is 0. The Morgan fingerprint density at radius 1 is 1.33 bits per heavy atom. The molecule has 0 aliphatic rings. The van der Waals surface area contributed by atoms with E-state index in [-0.39, 0.29) is 0 Å². The summed E-state index contributed by atoms with van der Waals surface area (Å²) in [5.74, 6) is 0.554. The van der Waals surface area contributed by atoms with E-state index in [2.05, 4.69) is 22.0 Å². The van der Waals surface area contributed by atoms with E-state index in [1.54, 1.807) is 12.1 Å². The molecular formula is C11H9BrN2O. The lowest BCUT2D eigenvalue weighted by Gasteiger charge is -2.08. The van der Waals surface area contributed by atoms with E-state index in [0.717, 1.165) is 4.47 Å². The molecule has 76 valence electrons. The molecule has 0 spiro atoms. The predicted molar refractivity (Wildman–Crippen MR) is 59.2 cm³/mol. The van der Waals surface area contributed by atoms with Crippen molar-refractivity contribution in [2.75, 3.05) is 6.61 Å². The van der Waals surface area contributed by atoms with Gasteiger partial charge in [0.2, 0.25) is 0 Å². The Hall–Kier alpha value is -1.52. The fraction of sp³-hybridized carbons (Fsp3) is 0.273. The topological polar surface area (TPSA) is 56.8 Å². The Morgan fingerprint density at radius 3 is 2.80 bits per heavy atom. The van der Waals surface area contributed by atoms with E-state index >= 15 is 0 Å². The molecule has 0 bridgehead atoms. The summed E-state index contributed by atoms with van der Waals surface area (Å²) in [7, 11) is 0. The molecule has 1 rings (SSSR count). The zero-order valence-corrected chi connectivity index (χ0v) is 9.62. The van der Waals surface area contributed by atoms with Crippen LogP contribution in [-0.2, 0) is 0 Å². The number of nitrogens with zero attached hydrogens (tertiary/aromatic N) is 2. The number of benzene rings is 1. The van der Waals surface area contributed by atoms with Gasteiger partial charge in [0, 0.05) is 6.42 Å². The molecule has 3 nitrogen and oxygen atoms in total. The average molecular weight is 265 g/mol. The van der Waals surface area contributed by atoms with Crippen molar-refractivity contribution in [2.45, 2.75) is 12.8 Å². The maximum Gasteiger partial charge on any atom is 0.151 e. The van der Waals surface area contributed by atoms with Crippen LogP contribution in [0.4, 0.5) is 0 Å². The zero-order chi connectivity index (χ0) is 11.1. The van der Waals surface area contributed by atoms with Gasteiger partial charge in [0.15, 0.2) is 5.75 Å². The minimum Gasteiger partial charge on any atom is -0.491 e. The highest BCUT2D eigenvalue weighted by atomic mass is 79.9. The smallest absolute Gasteiger partial charge is 0.151 e. The molecule has 0 saturated heterocycles. The minimum absolute atomic E-state index is 0.449. The average Bonchev–Trinajstić information content (AvgIpc) is 2.26. The van der Waals surface area contributed by atoms with Crippen molar-refractivity contribution in [1.82, 2.24) is 0 Å². The highest BCUT2D eigenvalue weighted by Gasteiger charge is 2.06. The number of rotatable bonds is 4.